The molecule has 1 aromatic carbocycles. The minimum absolute atomic E-state index is 0.0203. The van der Waals surface area contributed by atoms with Gasteiger partial charge >= 0.3 is 0 Å². The number of hydrogen-bond acceptors (Lipinski definition) is 2. The first-order chi connectivity index (χ1) is 9.76. The van der Waals surface area contributed by atoms with E-state index in [0.29, 0.717) is 12.5 Å². The molecule has 21 heavy (non-hydrogen) atoms. The topological polar surface area (TPSA) is 49.3 Å². The van der Waals surface area contributed by atoms with Crippen LogP contribution in [0.4, 0.5) is 0 Å². The molecule has 1 amide bonds. The number of rotatable bonds is 4. The van der Waals surface area contributed by atoms with E-state index in [2.05, 4.69) is 33.0 Å². The number of benzene rings is 1. The normalized spacial score (nSPS) is 17.9. The Kier molecular flexibility index (Phi) is 4.72. The van der Waals surface area contributed by atoms with Crippen LogP contribution in [0.5, 0.6) is 0 Å². The van der Waals surface area contributed by atoms with Gasteiger partial charge in [0.2, 0.25) is 0 Å². The molecule has 2 N–H and O–H groups in total. The fraction of sp³-hybridized carbons (Fsp3) is 0.611. The van der Waals surface area contributed by atoms with Crippen molar-refractivity contribution in [3.05, 3.63) is 34.9 Å². The lowest BCUT2D eigenvalue weighted by Gasteiger charge is -2.25. The number of carbonyl (C=O) groups is 1. The smallest absolute Gasteiger partial charge is 0.251 e. The Morgan fingerprint density at radius 1 is 1.33 bits per heavy atom. The van der Waals surface area contributed by atoms with Crippen LogP contribution < -0.4 is 5.32 Å². The van der Waals surface area contributed by atoms with Crippen molar-refractivity contribution in [2.45, 2.75) is 53.1 Å². The van der Waals surface area contributed by atoms with Gasteiger partial charge in [0, 0.05) is 12.1 Å². The summed E-state index contributed by atoms with van der Waals surface area (Å²) in [5, 5.41) is 13.3. The summed E-state index contributed by atoms with van der Waals surface area (Å²) in [4.78, 5) is 11.9. The van der Waals surface area contributed by atoms with Crippen molar-refractivity contribution in [3.8, 4) is 0 Å². The summed E-state index contributed by atoms with van der Waals surface area (Å²) in [5.74, 6) is 0.429. The lowest BCUT2D eigenvalue weighted by atomic mass is 9.82. The second-order valence-electron chi connectivity index (χ2n) is 7.54. The van der Waals surface area contributed by atoms with E-state index in [9.17, 15) is 9.90 Å². The highest BCUT2D eigenvalue weighted by Gasteiger charge is 2.21. The molecular weight excluding hydrogens is 262 g/mol. The first-order valence-electron chi connectivity index (χ1n) is 7.85. The summed E-state index contributed by atoms with van der Waals surface area (Å²) in [6, 6.07) is 5.81. The molecule has 1 aliphatic heterocycles. The van der Waals surface area contributed by atoms with Crippen LogP contribution in [0.15, 0.2) is 18.2 Å². The fourth-order valence-corrected chi connectivity index (χ4v) is 3.28. The molecule has 2 atom stereocenters. The number of fused-ring (bicyclic) bond motifs is 1. The molecule has 0 aliphatic carbocycles. The zero-order valence-electron chi connectivity index (χ0n) is 13.6. The van der Waals surface area contributed by atoms with Gasteiger partial charge in [-0.05, 0) is 47.8 Å². The fourth-order valence-electron chi connectivity index (χ4n) is 3.28. The number of hydrogen-bond donors (Lipinski definition) is 2. The van der Waals surface area contributed by atoms with Gasteiger partial charge in [0.1, 0.15) is 0 Å². The molecule has 2 unspecified atom stereocenters. The van der Waals surface area contributed by atoms with Gasteiger partial charge in [0.25, 0.3) is 5.91 Å². The Morgan fingerprint density at radius 2 is 2.05 bits per heavy atom. The van der Waals surface area contributed by atoms with E-state index in [1.54, 1.807) is 0 Å². The Balaban J connectivity index is 2.08. The molecule has 0 aromatic heterocycles. The molecular formula is C18H27NO2. The van der Waals surface area contributed by atoms with Crippen LogP contribution in [0.2, 0.25) is 0 Å². The van der Waals surface area contributed by atoms with Crippen molar-refractivity contribution in [2.75, 3.05) is 6.54 Å². The van der Waals surface area contributed by atoms with E-state index in [0.717, 1.165) is 36.0 Å². The summed E-state index contributed by atoms with van der Waals surface area (Å²) < 4.78 is 0. The van der Waals surface area contributed by atoms with E-state index in [4.69, 9.17) is 0 Å². The summed E-state index contributed by atoms with van der Waals surface area (Å²) in [6.07, 6.45) is 2.19. The van der Waals surface area contributed by atoms with Crippen molar-refractivity contribution in [3.63, 3.8) is 0 Å². The summed E-state index contributed by atoms with van der Waals surface area (Å²) in [7, 11) is 0. The van der Waals surface area contributed by atoms with Gasteiger partial charge < -0.3 is 10.4 Å². The zero-order valence-corrected chi connectivity index (χ0v) is 13.6. The second kappa shape index (κ2) is 6.18. The standard InChI is InChI=1S/C18H27NO2/c1-12(11-18(2,3)4)9-16(20)14-6-5-13-7-8-19-17(21)15(13)10-14/h5-6,10,12,16,20H,7-9,11H2,1-4H3,(H,19,21). The number of aliphatic hydroxyl groups is 1. The van der Waals surface area contributed by atoms with Crippen LogP contribution in [-0.4, -0.2) is 17.6 Å². The Morgan fingerprint density at radius 3 is 2.71 bits per heavy atom. The molecule has 2 rings (SSSR count). The van der Waals surface area contributed by atoms with E-state index in [-0.39, 0.29) is 11.3 Å². The average molecular weight is 289 g/mol. The largest absolute Gasteiger partial charge is 0.388 e. The maximum atomic E-state index is 11.9. The maximum absolute atomic E-state index is 11.9. The molecule has 3 nitrogen and oxygen atoms in total. The third-order valence-corrected chi connectivity index (χ3v) is 4.03. The molecule has 1 aliphatic rings. The van der Waals surface area contributed by atoms with E-state index in [1.165, 1.54) is 0 Å². The van der Waals surface area contributed by atoms with Crippen LogP contribution in [0.3, 0.4) is 0 Å². The van der Waals surface area contributed by atoms with Gasteiger partial charge in [-0.3, -0.25) is 4.79 Å². The molecule has 0 fully saturated rings. The van der Waals surface area contributed by atoms with Gasteiger partial charge in [-0.15, -0.1) is 0 Å². The van der Waals surface area contributed by atoms with Crippen molar-refractivity contribution in [1.29, 1.82) is 0 Å². The molecule has 1 aromatic rings. The molecule has 1 heterocycles. The van der Waals surface area contributed by atoms with Gasteiger partial charge in [-0.1, -0.05) is 39.8 Å². The number of carbonyl (C=O) groups excluding carboxylic acids is 1. The maximum Gasteiger partial charge on any atom is 0.251 e. The van der Waals surface area contributed by atoms with Crippen molar-refractivity contribution >= 4 is 5.91 Å². The van der Waals surface area contributed by atoms with Crippen molar-refractivity contribution in [2.24, 2.45) is 11.3 Å². The lowest BCUT2D eigenvalue weighted by Crippen LogP contribution is -2.31. The van der Waals surface area contributed by atoms with Crippen LogP contribution in [0.25, 0.3) is 0 Å². The van der Waals surface area contributed by atoms with E-state index in [1.807, 2.05) is 18.2 Å². The number of nitrogens with one attached hydrogen (secondary N) is 1. The molecule has 0 saturated heterocycles. The molecule has 116 valence electrons. The van der Waals surface area contributed by atoms with Gasteiger partial charge in [0.15, 0.2) is 0 Å². The van der Waals surface area contributed by atoms with Crippen molar-refractivity contribution < 1.29 is 9.90 Å². The molecule has 3 heteroatoms. The Hall–Kier alpha value is -1.35. The van der Waals surface area contributed by atoms with E-state index < -0.39 is 6.10 Å². The Bertz CT molecular complexity index is 516. The quantitative estimate of drug-likeness (QED) is 0.891. The predicted octanol–water partition coefficient (Wildman–Crippen LogP) is 3.47. The number of amides is 1. The summed E-state index contributed by atoms with van der Waals surface area (Å²) in [5.41, 5.74) is 2.93. The van der Waals surface area contributed by atoms with Gasteiger partial charge in [-0.2, -0.15) is 0 Å². The van der Waals surface area contributed by atoms with Crippen LogP contribution in [0, 0.1) is 11.3 Å². The number of aliphatic hydroxyl groups excluding tert-OH is 1. The summed E-state index contributed by atoms with van der Waals surface area (Å²) in [6.45, 7) is 9.55. The minimum atomic E-state index is -0.498. The van der Waals surface area contributed by atoms with Crippen LogP contribution >= 0.6 is 0 Å². The third-order valence-electron chi connectivity index (χ3n) is 4.03. The lowest BCUT2D eigenvalue weighted by molar-refractivity contribution is 0.0945. The highest BCUT2D eigenvalue weighted by molar-refractivity contribution is 5.96. The minimum Gasteiger partial charge on any atom is -0.388 e. The molecule has 0 saturated carbocycles. The highest BCUT2D eigenvalue weighted by Crippen LogP contribution is 2.31. The molecule has 0 radical (unpaired) electrons. The highest BCUT2D eigenvalue weighted by atomic mass is 16.3. The van der Waals surface area contributed by atoms with E-state index >= 15 is 0 Å². The average Bonchev–Trinajstić information content (AvgIpc) is 2.36. The van der Waals surface area contributed by atoms with Crippen LogP contribution in [-0.2, 0) is 6.42 Å². The summed E-state index contributed by atoms with van der Waals surface area (Å²) >= 11 is 0. The molecule has 0 bridgehead atoms. The van der Waals surface area contributed by atoms with Gasteiger partial charge in [0.05, 0.1) is 6.10 Å². The first-order valence-corrected chi connectivity index (χ1v) is 7.85. The molecule has 0 spiro atoms. The SMILES string of the molecule is CC(CC(O)c1ccc2c(c1)C(=O)NCC2)CC(C)(C)C. The first kappa shape index (κ1) is 16.0. The van der Waals surface area contributed by atoms with Crippen molar-refractivity contribution in [1.82, 2.24) is 5.32 Å². The van der Waals surface area contributed by atoms with Gasteiger partial charge in [-0.25, -0.2) is 0 Å². The third kappa shape index (κ3) is 4.31. The Labute approximate surface area is 127 Å². The predicted molar refractivity (Wildman–Crippen MR) is 85.3 cm³/mol. The monoisotopic (exact) mass is 289 g/mol. The van der Waals surface area contributed by atoms with Crippen LogP contribution in [0.1, 0.15) is 68.1 Å². The zero-order chi connectivity index (χ0) is 15.6. The second-order valence-corrected chi connectivity index (χ2v) is 7.54.